The minimum absolute atomic E-state index is 0.287. The van der Waals surface area contributed by atoms with Crippen LogP contribution in [-0.2, 0) is 12.8 Å². The molecule has 0 radical (unpaired) electrons. The SMILES string of the molecule is CCc1ccc(Sc2nc(Nc3ccc(OC(F)(F)F)cc3)nc(Sc3ccc(CC)cc3)n2)cc1. The van der Waals surface area contributed by atoms with Crippen LogP contribution in [0.2, 0.25) is 0 Å². The van der Waals surface area contributed by atoms with Crippen LogP contribution in [0.3, 0.4) is 0 Å². The van der Waals surface area contributed by atoms with Gasteiger partial charge < -0.3 is 10.1 Å². The summed E-state index contributed by atoms with van der Waals surface area (Å²) in [7, 11) is 0. The van der Waals surface area contributed by atoms with Gasteiger partial charge >= 0.3 is 6.36 Å². The number of nitrogens with one attached hydrogen (secondary N) is 1. The van der Waals surface area contributed by atoms with Crippen LogP contribution in [0, 0.1) is 0 Å². The molecule has 0 fully saturated rings. The van der Waals surface area contributed by atoms with Gasteiger partial charge in [0, 0.05) is 15.5 Å². The van der Waals surface area contributed by atoms with Gasteiger partial charge in [-0.1, -0.05) is 38.1 Å². The number of rotatable bonds is 9. The number of nitrogens with zero attached hydrogens (tertiary/aromatic N) is 3. The first-order valence-electron chi connectivity index (χ1n) is 11.2. The van der Waals surface area contributed by atoms with Gasteiger partial charge in [0.15, 0.2) is 10.3 Å². The lowest BCUT2D eigenvalue weighted by atomic mass is 10.2. The first-order chi connectivity index (χ1) is 17.3. The maximum absolute atomic E-state index is 12.5. The van der Waals surface area contributed by atoms with Crippen molar-refractivity contribution in [3.8, 4) is 5.75 Å². The van der Waals surface area contributed by atoms with E-state index < -0.39 is 6.36 Å². The summed E-state index contributed by atoms with van der Waals surface area (Å²) in [5.74, 6) is -0.0166. The molecule has 0 unspecified atom stereocenters. The van der Waals surface area contributed by atoms with Crippen LogP contribution < -0.4 is 10.1 Å². The molecule has 0 bridgehead atoms. The highest BCUT2D eigenvalue weighted by molar-refractivity contribution is 7.99. The predicted molar refractivity (Wildman–Crippen MR) is 136 cm³/mol. The summed E-state index contributed by atoms with van der Waals surface area (Å²) >= 11 is 2.82. The van der Waals surface area contributed by atoms with E-state index in [0.717, 1.165) is 22.6 Å². The lowest BCUT2D eigenvalue weighted by Gasteiger charge is -2.11. The van der Waals surface area contributed by atoms with Gasteiger partial charge in [-0.15, -0.1) is 13.2 Å². The Bertz CT molecular complexity index is 1220. The Hall–Kier alpha value is -3.24. The molecular weight excluding hydrogens is 505 g/mol. The molecule has 10 heteroatoms. The summed E-state index contributed by atoms with van der Waals surface area (Å²) < 4.78 is 41.3. The highest BCUT2D eigenvalue weighted by Crippen LogP contribution is 2.31. The van der Waals surface area contributed by atoms with Crippen molar-refractivity contribution >= 4 is 35.2 Å². The fourth-order valence-electron chi connectivity index (χ4n) is 3.15. The molecule has 4 rings (SSSR count). The number of aryl methyl sites for hydroxylation is 2. The van der Waals surface area contributed by atoms with E-state index in [0.29, 0.717) is 16.0 Å². The van der Waals surface area contributed by atoms with Crippen LogP contribution in [0.5, 0.6) is 5.75 Å². The Labute approximate surface area is 215 Å². The second-order valence-corrected chi connectivity index (χ2v) is 9.70. The second kappa shape index (κ2) is 11.7. The van der Waals surface area contributed by atoms with Crippen molar-refractivity contribution in [3.05, 3.63) is 83.9 Å². The molecule has 0 saturated carbocycles. The summed E-state index contributed by atoms with van der Waals surface area (Å²) in [5.41, 5.74) is 2.99. The summed E-state index contributed by atoms with van der Waals surface area (Å²) in [6.45, 7) is 4.20. The molecule has 0 atom stereocenters. The van der Waals surface area contributed by atoms with Crippen molar-refractivity contribution in [1.29, 1.82) is 0 Å². The van der Waals surface area contributed by atoms with Crippen molar-refractivity contribution in [3.63, 3.8) is 0 Å². The molecule has 0 aliphatic heterocycles. The van der Waals surface area contributed by atoms with Gasteiger partial charge in [-0.2, -0.15) is 15.0 Å². The zero-order valence-electron chi connectivity index (χ0n) is 19.5. The highest BCUT2D eigenvalue weighted by atomic mass is 32.2. The third-order valence-electron chi connectivity index (χ3n) is 5.02. The normalized spacial score (nSPS) is 11.4. The van der Waals surface area contributed by atoms with Crippen LogP contribution in [-0.4, -0.2) is 21.3 Å². The van der Waals surface area contributed by atoms with E-state index in [1.54, 1.807) is 0 Å². The van der Waals surface area contributed by atoms with Crippen LogP contribution in [0.1, 0.15) is 25.0 Å². The number of hydrogen-bond donors (Lipinski definition) is 1. The molecule has 0 aliphatic rings. The minimum atomic E-state index is -4.74. The van der Waals surface area contributed by atoms with Gasteiger partial charge in [0.1, 0.15) is 5.75 Å². The van der Waals surface area contributed by atoms with Crippen molar-refractivity contribution in [2.45, 2.75) is 53.2 Å². The number of ether oxygens (including phenoxy) is 1. The van der Waals surface area contributed by atoms with Crippen LogP contribution in [0.25, 0.3) is 0 Å². The predicted octanol–water partition coefficient (Wildman–Crippen LogP) is 7.94. The first kappa shape index (κ1) is 25.8. The smallest absolute Gasteiger partial charge is 0.406 e. The molecule has 186 valence electrons. The van der Waals surface area contributed by atoms with Gasteiger partial charge in [-0.25, -0.2) is 0 Å². The molecule has 1 N–H and O–H groups in total. The number of anilines is 2. The third-order valence-corrected chi connectivity index (χ3v) is 6.77. The van der Waals surface area contributed by atoms with E-state index in [2.05, 4.69) is 63.1 Å². The van der Waals surface area contributed by atoms with Crippen LogP contribution in [0.15, 0.2) is 92.9 Å². The minimum Gasteiger partial charge on any atom is -0.406 e. The van der Waals surface area contributed by atoms with Gasteiger partial charge in [0.05, 0.1) is 0 Å². The maximum atomic E-state index is 12.5. The van der Waals surface area contributed by atoms with Crippen LogP contribution in [0.4, 0.5) is 24.8 Å². The molecule has 4 aromatic rings. The Morgan fingerprint density at radius 2 is 1.17 bits per heavy atom. The standard InChI is InChI=1S/C26H23F3N4OS2/c1-3-17-5-13-21(14-6-17)35-24-31-23(30-19-9-11-20(12-10-19)34-26(27,28)29)32-25(33-24)36-22-15-7-18(4-2)8-16-22/h5-16H,3-4H2,1-2H3,(H,30,31,32,33). The fraction of sp³-hybridized carbons (Fsp3) is 0.192. The number of hydrogen-bond acceptors (Lipinski definition) is 7. The molecule has 1 heterocycles. The zero-order chi connectivity index (χ0) is 25.5. The fourth-order valence-corrected chi connectivity index (χ4v) is 4.70. The number of alkyl halides is 3. The Balaban J connectivity index is 1.58. The van der Waals surface area contributed by atoms with Crippen LogP contribution >= 0.6 is 23.5 Å². The molecule has 0 spiro atoms. The van der Waals surface area contributed by atoms with Gasteiger partial charge in [0.25, 0.3) is 0 Å². The summed E-state index contributed by atoms with van der Waals surface area (Å²) in [6, 6.07) is 21.8. The van der Waals surface area contributed by atoms with E-state index >= 15 is 0 Å². The number of halogens is 3. The maximum Gasteiger partial charge on any atom is 0.573 e. The van der Waals surface area contributed by atoms with E-state index in [1.807, 2.05) is 24.3 Å². The van der Waals surface area contributed by atoms with Crippen molar-refractivity contribution in [2.75, 3.05) is 5.32 Å². The monoisotopic (exact) mass is 528 g/mol. The van der Waals surface area contributed by atoms with E-state index in [1.165, 1.54) is 58.9 Å². The van der Waals surface area contributed by atoms with E-state index in [9.17, 15) is 13.2 Å². The summed E-state index contributed by atoms with van der Waals surface area (Å²) in [5, 5.41) is 4.06. The molecule has 3 aromatic carbocycles. The zero-order valence-corrected chi connectivity index (χ0v) is 21.2. The summed E-state index contributed by atoms with van der Waals surface area (Å²) in [6.07, 6.45) is -2.84. The molecule has 5 nitrogen and oxygen atoms in total. The average Bonchev–Trinajstić information content (AvgIpc) is 2.85. The lowest BCUT2D eigenvalue weighted by Crippen LogP contribution is -2.17. The molecule has 0 aliphatic carbocycles. The first-order valence-corrected chi connectivity index (χ1v) is 12.9. The number of benzene rings is 3. The van der Waals surface area contributed by atoms with Crippen molar-refractivity contribution in [1.82, 2.24) is 15.0 Å². The Kier molecular flexibility index (Phi) is 8.37. The van der Waals surface area contributed by atoms with Gasteiger partial charge in [-0.3, -0.25) is 0 Å². The van der Waals surface area contributed by atoms with Gasteiger partial charge in [0.2, 0.25) is 5.95 Å². The lowest BCUT2D eigenvalue weighted by molar-refractivity contribution is -0.274. The molecule has 1 aromatic heterocycles. The highest BCUT2D eigenvalue weighted by Gasteiger charge is 2.31. The third kappa shape index (κ3) is 7.63. The second-order valence-electron chi connectivity index (χ2n) is 7.62. The van der Waals surface area contributed by atoms with E-state index in [-0.39, 0.29) is 11.7 Å². The largest absolute Gasteiger partial charge is 0.573 e. The number of aromatic nitrogens is 3. The molecule has 0 amide bonds. The molecule has 0 saturated heterocycles. The summed E-state index contributed by atoms with van der Waals surface area (Å²) in [4.78, 5) is 15.6. The van der Waals surface area contributed by atoms with Crippen molar-refractivity contribution < 1.29 is 17.9 Å². The topological polar surface area (TPSA) is 59.9 Å². The molecular formula is C26H23F3N4OS2. The van der Waals surface area contributed by atoms with Crippen molar-refractivity contribution in [2.24, 2.45) is 0 Å². The Morgan fingerprint density at radius 3 is 1.58 bits per heavy atom. The van der Waals surface area contributed by atoms with Gasteiger partial charge in [-0.05, 0) is 96.0 Å². The van der Waals surface area contributed by atoms with E-state index in [4.69, 9.17) is 0 Å². The average molecular weight is 529 g/mol. The Morgan fingerprint density at radius 1 is 0.694 bits per heavy atom. The quantitative estimate of drug-likeness (QED) is 0.237. The molecule has 36 heavy (non-hydrogen) atoms.